The predicted molar refractivity (Wildman–Crippen MR) is 11.6 cm³/mol. The van der Waals surface area contributed by atoms with Crippen LogP contribution in [-0.2, 0) is 0 Å². The van der Waals surface area contributed by atoms with Crippen LogP contribution in [0.1, 0.15) is 0 Å². The second-order valence-electron chi connectivity index (χ2n) is 0.0825. The van der Waals surface area contributed by atoms with E-state index in [1.165, 1.54) is 0 Å². The molecule has 1 nitrogen and oxygen atoms in total. The van der Waals surface area contributed by atoms with Crippen LogP contribution in [0.3, 0.4) is 0 Å². The Morgan fingerprint density at radius 3 is 1.25 bits per heavy atom. The molecule has 0 aliphatic rings. The number of hydrogen-bond donors (Lipinski definition) is 0. The lowest BCUT2D eigenvalue weighted by Crippen LogP contribution is -1.45. The normalized spacial score (nSPS) is 3.50. The van der Waals surface area contributed by atoms with Gasteiger partial charge in [0.1, 0.15) is 0 Å². The maximum Gasteiger partial charge on any atom is 0.759 e. The first-order chi connectivity index (χ1) is 1.41. The van der Waals surface area contributed by atoms with Crippen molar-refractivity contribution in [2.45, 2.75) is 0 Å². The molecule has 4 heavy (non-hydrogen) atoms. The Balaban J connectivity index is 0. The van der Waals surface area contributed by atoms with E-state index in [4.69, 9.17) is 0 Å². The highest BCUT2D eigenvalue weighted by Gasteiger charge is 1.71. The SMILES string of the molecule is O.[F][Al][F]. The van der Waals surface area contributed by atoms with Crippen molar-refractivity contribution in [3.63, 3.8) is 0 Å². The maximum absolute atomic E-state index is 9.71. The van der Waals surface area contributed by atoms with E-state index in [0.717, 1.165) is 0 Å². The summed E-state index contributed by atoms with van der Waals surface area (Å²) in [5.74, 6) is 0. The Hall–Kier alpha value is 0.352. The second-order valence-corrected chi connectivity index (χ2v) is 0.247. The summed E-state index contributed by atoms with van der Waals surface area (Å²) in [6, 6.07) is 0. The molecule has 0 fully saturated rings. The Morgan fingerprint density at radius 2 is 1.25 bits per heavy atom. The van der Waals surface area contributed by atoms with Crippen LogP contribution in [0.15, 0.2) is 0 Å². The smallest absolute Gasteiger partial charge is 0.412 e. The second kappa shape index (κ2) is 10.1. The average Bonchev–Trinajstić information content (AvgIpc) is 0.918. The van der Waals surface area contributed by atoms with Gasteiger partial charge in [-0.25, -0.2) is 0 Å². The minimum absolute atomic E-state index is 0. The van der Waals surface area contributed by atoms with Gasteiger partial charge in [0, 0.05) is 0 Å². The van der Waals surface area contributed by atoms with Crippen LogP contribution < -0.4 is 0 Å². The molecule has 0 amide bonds. The van der Waals surface area contributed by atoms with E-state index in [1.807, 2.05) is 0 Å². The van der Waals surface area contributed by atoms with Gasteiger partial charge in [-0.15, -0.1) is 0 Å². The Bertz CT molecular complexity index is 6.00. The Morgan fingerprint density at radius 1 is 1.25 bits per heavy atom. The van der Waals surface area contributed by atoms with Gasteiger partial charge in [0.15, 0.2) is 0 Å². The first-order valence-electron chi connectivity index (χ1n) is 0.436. The van der Waals surface area contributed by atoms with Crippen molar-refractivity contribution in [2.24, 2.45) is 0 Å². The Kier molecular flexibility index (Phi) is 22.4. The molecule has 1 radical (unpaired) electrons. The van der Waals surface area contributed by atoms with Crippen LogP contribution in [0.4, 0.5) is 7.05 Å². The summed E-state index contributed by atoms with van der Waals surface area (Å²) in [5.41, 5.74) is 0. The molecule has 0 unspecified atom stereocenters. The molecule has 0 bridgehead atoms. The highest BCUT2D eigenvalue weighted by Crippen LogP contribution is 1.49. The van der Waals surface area contributed by atoms with E-state index in [1.54, 1.807) is 0 Å². The fraction of sp³-hybridized carbons (Fsp3) is 0. The van der Waals surface area contributed by atoms with E-state index in [2.05, 4.69) is 0 Å². The van der Waals surface area contributed by atoms with Crippen molar-refractivity contribution in [2.75, 3.05) is 0 Å². The molecule has 0 atom stereocenters. The molecule has 4 heteroatoms. The van der Waals surface area contributed by atoms with Gasteiger partial charge < -0.3 is 12.5 Å². The monoisotopic (exact) mass is 83.0 g/mol. The van der Waals surface area contributed by atoms with E-state index in [9.17, 15) is 7.05 Å². The zero-order chi connectivity index (χ0) is 2.71. The highest BCUT2D eigenvalue weighted by molar-refractivity contribution is 6.15. The third kappa shape index (κ3) is 34.6. The van der Waals surface area contributed by atoms with Crippen molar-refractivity contribution in [1.82, 2.24) is 0 Å². The summed E-state index contributed by atoms with van der Waals surface area (Å²) in [6.07, 6.45) is 0. The number of halogens is 2. The van der Waals surface area contributed by atoms with Crippen LogP contribution >= 0.6 is 0 Å². The summed E-state index contributed by atoms with van der Waals surface area (Å²) in [7, 11) is 0. The van der Waals surface area contributed by atoms with E-state index >= 15 is 0 Å². The quantitative estimate of drug-likeness (QED) is 0.358. The lowest BCUT2D eigenvalue weighted by Gasteiger charge is -1.33. The molecule has 0 saturated carbocycles. The maximum atomic E-state index is 9.71. The van der Waals surface area contributed by atoms with E-state index in [-0.39, 0.29) is 5.48 Å². The molecular weight excluding hydrogens is 81.0 g/mol. The molecule has 0 spiro atoms. The minimum Gasteiger partial charge on any atom is -0.412 e. The summed E-state index contributed by atoms with van der Waals surface area (Å²) in [4.78, 5) is 0. The largest absolute Gasteiger partial charge is 0.759 e. The van der Waals surface area contributed by atoms with Gasteiger partial charge in [-0.2, -0.15) is 0 Å². The van der Waals surface area contributed by atoms with Gasteiger partial charge in [-0.3, -0.25) is 0 Å². The van der Waals surface area contributed by atoms with Crippen molar-refractivity contribution in [3.8, 4) is 0 Å². The molecule has 0 rings (SSSR count). The van der Waals surface area contributed by atoms with Crippen LogP contribution in [0, 0.1) is 0 Å². The predicted octanol–water partition coefficient (Wildman–Crippen LogP) is -0.365. The minimum atomic E-state index is -2.25. The fourth-order valence-corrected chi connectivity index (χ4v) is 0. The van der Waals surface area contributed by atoms with Gasteiger partial charge in [0.05, 0.1) is 0 Å². The molecular formula is H2AlF2O. The van der Waals surface area contributed by atoms with Crippen molar-refractivity contribution in [1.29, 1.82) is 0 Å². The first kappa shape index (κ1) is 8.84. The fourth-order valence-electron chi connectivity index (χ4n) is 0. The molecule has 0 saturated heterocycles. The summed E-state index contributed by atoms with van der Waals surface area (Å²) in [6.45, 7) is 0. The summed E-state index contributed by atoms with van der Waals surface area (Å²) in [5, 5.41) is 0. The zero-order valence-corrected chi connectivity index (χ0v) is 2.99. The van der Waals surface area contributed by atoms with Crippen LogP contribution in [0.25, 0.3) is 0 Å². The molecule has 0 aliphatic carbocycles. The van der Waals surface area contributed by atoms with Crippen LogP contribution in [0.2, 0.25) is 0 Å². The van der Waals surface area contributed by atoms with Crippen molar-refractivity contribution >= 4 is 16.1 Å². The molecule has 0 aromatic rings. The van der Waals surface area contributed by atoms with E-state index < -0.39 is 16.1 Å². The number of hydrogen-bond acceptors (Lipinski definition) is 0. The standard InChI is InChI=1S/Al.2FH.H2O/h;2*1H;1H2/q+2;;;/p-2. The molecule has 0 aromatic heterocycles. The third-order valence-electron chi connectivity index (χ3n) is 0. The summed E-state index contributed by atoms with van der Waals surface area (Å²) >= 11 is -2.25. The van der Waals surface area contributed by atoms with Gasteiger partial charge >= 0.3 is 16.1 Å². The molecule has 25 valence electrons. The van der Waals surface area contributed by atoms with Gasteiger partial charge in [-0.05, 0) is 0 Å². The van der Waals surface area contributed by atoms with Gasteiger partial charge in [0.25, 0.3) is 0 Å². The van der Waals surface area contributed by atoms with Gasteiger partial charge in [-0.1, -0.05) is 0 Å². The molecule has 0 heterocycles. The lowest BCUT2D eigenvalue weighted by atomic mass is 16.0. The van der Waals surface area contributed by atoms with Crippen molar-refractivity contribution < 1.29 is 12.5 Å². The third-order valence-corrected chi connectivity index (χ3v) is 0. The topological polar surface area (TPSA) is 31.5 Å². The summed E-state index contributed by atoms with van der Waals surface area (Å²) < 4.78 is 19.4. The molecule has 0 aliphatic heterocycles. The highest BCUT2D eigenvalue weighted by atomic mass is 27.2. The number of rotatable bonds is 0. The molecule has 2 N–H and O–H groups in total. The average molecular weight is 83.0 g/mol. The van der Waals surface area contributed by atoms with Crippen LogP contribution in [0.5, 0.6) is 0 Å². The van der Waals surface area contributed by atoms with Crippen LogP contribution in [-0.4, -0.2) is 21.6 Å². The lowest BCUT2D eigenvalue weighted by molar-refractivity contribution is 0.712. The molecule has 0 aromatic carbocycles. The Labute approximate surface area is 29.6 Å². The van der Waals surface area contributed by atoms with Gasteiger partial charge in [0.2, 0.25) is 0 Å². The van der Waals surface area contributed by atoms with Crippen molar-refractivity contribution in [3.05, 3.63) is 0 Å². The van der Waals surface area contributed by atoms with E-state index in [0.29, 0.717) is 0 Å². The zero-order valence-electron chi connectivity index (χ0n) is 1.83. The first-order valence-corrected chi connectivity index (χ1v) is 1.31.